The maximum Gasteiger partial charge on any atom is 0.344 e. The molecule has 0 unspecified atom stereocenters. The van der Waals surface area contributed by atoms with Gasteiger partial charge in [-0.1, -0.05) is 6.07 Å². The van der Waals surface area contributed by atoms with E-state index in [2.05, 4.69) is 9.84 Å². The monoisotopic (exact) mass is 333 g/mol. The third-order valence-electron chi connectivity index (χ3n) is 3.31. The van der Waals surface area contributed by atoms with E-state index in [0.29, 0.717) is 11.4 Å². The molecule has 0 atom stereocenters. The number of benzene rings is 1. The molecule has 24 heavy (non-hydrogen) atoms. The van der Waals surface area contributed by atoms with Crippen molar-refractivity contribution < 1.29 is 24.0 Å². The van der Waals surface area contributed by atoms with Crippen molar-refractivity contribution in [2.45, 2.75) is 13.8 Å². The van der Waals surface area contributed by atoms with Crippen LogP contribution in [0, 0.1) is 24.0 Å². The molecular weight excluding hydrogens is 318 g/mol. The van der Waals surface area contributed by atoms with Crippen molar-refractivity contribution in [1.29, 1.82) is 0 Å². The van der Waals surface area contributed by atoms with E-state index in [1.165, 1.54) is 30.8 Å². The molecule has 0 amide bonds. The molecule has 0 radical (unpaired) electrons. The number of hydrogen-bond acceptors (Lipinski definition) is 7. The van der Waals surface area contributed by atoms with Gasteiger partial charge in [-0.2, -0.15) is 5.10 Å². The Hall–Kier alpha value is -3.23. The Kier molecular flexibility index (Phi) is 4.93. The second-order valence-electron chi connectivity index (χ2n) is 4.89. The summed E-state index contributed by atoms with van der Waals surface area (Å²) in [6, 6.07) is 6.22. The van der Waals surface area contributed by atoms with Crippen LogP contribution >= 0.6 is 0 Å². The van der Waals surface area contributed by atoms with Gasteiger partial charge in [0.05, 0.1) is 23.3 Å². The highest BCUT2D eigenvalue weighted by Gasteiger charge is 2.23. The van der Waals surface area contributed by atoms with Gasteiger partial charge in [-0.3, -0.25) is 10.1 Å². The van der Waals surface area contributed by atoms with E-state index >= 15 is 0 Å². The van der Waals surface area contributed by atoms with Gasteiger partial charge in [-0.05, 0) is 32.0 Å². The first-order valence-electron chi connectivity index (χ1n) is 6.90. The summed E-state index contributed by atoms with van der Waals surface area (Å²) in [5.74, 6) is -1.38. The lowest BCUT2D eigenvalue weighted by Crippen LogP contribution is -2.15. The molecule has 0 aliphatic heterocycles. The van der Waals surface area contributed by atoms with Crippen LogP contribution in [0.25, 0.3) is 5.69 Å². The first-order chi connectivity index (χ1) is 11.3. The topological polar surface area (TPSA) is 114 Å². The van der Waals surface area contributed by atoms with Crippen LogP contribution in [0.2, 0.25) is 0 Å². The number of aryl methyl sites for hydroxylation is 1. The minimum Gasteiger partial charge on any atom is -0.466 e. The van der Waals surface area contributed by atoms with Gasteiger partial charge in [0.15, 0.2) is 6.61 Å². The molecule has 1 aromatic heterocycles. The van der Waals surface area contributed by atoms with Crippen LogP contribution < -0.4 is 0 Å². The number of nitrogens with zero attached hydrogens (tertiary/aromatic N) is 3. The van der Waals surface area contributed by atoms with Crippen LogP contribution in [0.15, 0.2) is 24.3 Å². The highest BCUT2D eigenvalue weighted by atomic mass is 16.6. The molecule has 2 rings (SSSR count). The predicted molar refractivity (Wildman–Crippen MR) is 82.0 cm³/mol. The Morgan fingerprint density at radius 1 is 1.33 bits per heavy atom. The second kappa shape index (κ2) is 6.90. The van der Waals surface area contributed by atoms with E-state index in [1.807, 2.05) is 0 Å². The number of esters is 2. The van der Waals surface area contributed by atoms with Crippen molar-refractivity contribution in [2.75, 3.05) is 13.7 Å². The number of nitro groups is 1. The summed E-state index contributed by atoms with van der Waals surface area (Å²) in [5, 5.41) is 15.2. The van der Waals surface area contributed by atoms with Crippen LogP contribution in [0.5, 0.6) is 0 Å². The van der Waals surface area contributed by atoms with Gasteiger partial charge < -0.3 is 9.47 Å². The highest BCUT2D eigenvalue weighted by Crippen LogP contribution is 2.25. The number of carbonyl (C=O) groups is 2. The standard InChI is InChI=1S/C15H15N3O6/c1-9-14(18(21)22)10(2)17(16-9)12-6-4-5-11(7-12)15(20)24-8-13(19)23-3/h4-7H,8H2,1-3H3. The average molecular weight is 333 g/mol. The van der Waals surface area contributed by atoms with E-state index in [1.54, 1.807) is 19.1 Å². The second-order valence-corrected chi connectivity index (χ2v) is 4.89. The number of rotatable bonds is 5. The summed E-state index contributed by atoms with van der Waals surface area (Å²) < 4.78 is 10.6. The van der Waals surface area contributed by atoms with Crippen molar-refractivity contribution in [3.63, 3.8) is 0 Å². The Morgan fingerprint density at radius 3 is 2.62 bits per heavy atom. The lowest BCUT2D eigenvalue weighted by Gasteiger charge is -2.07. The van der Waals surface area contributed by atoms with Crippen LogP contribution in [0.1, 0.15) is 21.7 Å². The van der Waals surface area contributed by atoms with Gasteiger partial charge in [0.25, 0.3) is 0 Å². The van der Waals surface area contributed by atoms with Gasteiger partial charge >= 0.3 is 17.6 Å². The van der Waals surface area contributed by atoms with Crippen molar-refractivity contribution >= 4 is 17.6 Å². The summed E-state index contributed by atoms with van der Waals surface area (Å²) in [7, 11) is 1.19. The fraction of sp³-hybridized carbons (Fsp3) is 0.267. The van der Waals surface area contributed by atoms with Crippen molar-refractivity contribution in [3.8, 4) is 5.69 Å². The number of ether oxygens (including phenoxy) is 2. The molecule has 0 saturated carbocycles. The van der Waals surface area contributed by atoms with E-state index in [-0.39, 0.29) is 16.9 Å². The van der Waals surface area contributed by atoms with Gasteiger partial charge in [0, 0.05) is 0 Å². The van der Waals surface area contributed by atoms with Crippen molar-refractivity contribution in [3.05, 3.63) is 51.3 Å². The maximum atomic E-state index is 11.9. The smallest absolute Gasteiger partial charge is 0.344 e. The molecule has 9 heteroatoms. The predicted octanol–water partition coefficient (Wildman–Crippen LogP) is 1.73. The molecule has 0 bridgehead atoms. The molecule has 0 fully saturated rings. The molecule has 0 aliphatic rings. The molecule has 0 spiro atoms. The summed E-state index contributed by atoms with van der Waals surface area (Å²) >= 11 is 0. The molecule has 9 nitrogen and oxygen atoms in total. The number of hydrogen-bond donors (Lipinski definition) is 0. The molecule has 0 aliphatic carbocycles. The van der Waals surface area contributed by atoms with E-state index in [0.717, 1.165) is 0 Å². The maximum absolute atomic E-state index is 11.9. The first-order valence-corrected chi connectivity index (χ1v) is 6.90. The molecule has 1 aromatic carbocycles. The molecule has 0 saturated heterocycles. The first kappa shape index (κ1) is 17.1. The molecule has 1 heterocycles. The van der Waals surface area contributed by atoms with Gasteiger partial charge in [0.2, 0.25) is 0 Å². The van der Waals surface area contributed by atoms with E-state index < -0.39 is 23.5 Å². The van der Waals surface area contributed by atoms with E-state index in [9.17, 15) is 19.7 Å². The minimum absolute atomic E-state index is 0.0753. The normalized spacial score (nSPS) is 10.3. The summed E-state index contributed by atoms with van der Waals surface area (Å²) in [6.45, 7) is 2.61. The van der Waals surface area contributed by atoms with E-state index in [4.69, 9.17) is 4.74 Å². The largest absolute Gasteiger partial charge is 0.466 e. The number of methoxy groups -OCH3 is 1. The van der Waals surface area contributed by atoms with Gasteiger partial charge in [-0.25, -0.2) is 14.3 Å². The Bertz CT molecular complexity index is 812. The zero-order valence-corrected chi connectivity index (χ0v) is 13.3. The molecule has 2 aromatic rings. The van der Waals surface area contributed by atoms with Crippen LogP contribution in [0.4, 0.5) is 5.69 Å². The fourth-order valence-corrected chi connectivity index (χ4v) is 2.18. The zero-order valence-electron chi connectivity index (χ0n) is 13.3. The van der Waals surface area contributed by atoms with Crippen LogP contribution in [-0.4, -0.2) is 40.4 Å². The highest BCUT2D eigenvalue weighted by molar-refractivity contribution is 5.91. The van der Waals surface area contributed by atoms with Crippen LogP contribution in [-0.2, 0) is 14.3 Å². The third kappa shape index (κ3) is 3.40. The fourth-order valence-electron chi connectivity index (χ4n) is 2.18. The number of carbonyl (C=O) groups excluding carboxylic acids is 2. The Morgan fingerprint density at radius 2 is 2.04 bits per heavy atom. The van der Waals surface area contributed by atoms with Gasteiger partial charge in [-0.15, -0.1) is 0 Å². The Balaban J connectivity index is 2.31. The van der Waals surface area contributed by atoms with Crippen molar-refractivity contribution in [2.24, 2.45) is 0 Å². The number of aromatic nitrogens is 2. The Labute approximate surface area is 136 Å². The summed E-state index contributed by atoms with van der Waals surface area (Å²) in [5.41, 5.74) is 1.20. The average Bonchev–Trinajstić information content (AvgIpc) is 2.86. The minimum atomic E-state index is -0.710. The van der Waals surface area contributed by atoms with Crippen molar-refractivity contribution in [1.82, 2.24) is 9.78 Å². The third-order valence-corrected chi connectivity index (χ3v) is 3.31. The van der Waals surface area contributed by atoms with Gasteiger partial charge in [0.1, 0.15) is 11.4 Å². The zero-order chi connectivity index (χ0) is 17.9. The summed E-state index contributed by atoms with van der Waals surface area (Å²) in [6.07, 6.45) is 0. The molecule has 126 valence electrons. The lowest BCUT2D eigenvalue weighted by molar-refractivity contribution is -0.386. The molecule has 0 N–H and O–H groups in total. The lowest BCUT2D eigenvalue weighted by atomic mass is 10.2. The molecular formula is C15H15N3O6. The van der Waals surface area contributed by atoms with Crippen LogP contribution in [0.3, 0.4) is 0 Å². The quantitative estimate of drug-likeness (QED) is 0.465. The SMILES string of the molecule is COC(=O)COC(=O)c1cccc(-n2nc(C)c([N+](=O)[O-])c2C)c1. The summed E-state index contributed by atoms with van der Waals surface area (Å²) in [4.78, 5) is 33.5.